The number of ether oxygens (including phenoxy) is 2. The number of methoxy groups -OCH3 is 2. The van der Waals surface area contributed by atoms with Gasteiger partial charge in [-0.1, -0.05) is 54.6 Å². The molecule has 1 amide bonds. The molecule has 1 N–H and O–H groups in total. The molecule has 7 nitrogen and oxygen atoms in total. The van der Waals surface area contributed by atoms with Gasteiger partial charge in [0.1, 0.15) is 17.8 Å². The van der Waals surface area contributed by atoms with Crippen molar-refractivity contribution in [1.29, 1.82) is 0 Å². The fourth-order valence-electron chi connectivity index (χ4n) is 3.36. The fourth-order valence-corrected chi connectivity index (χ4v) is 3.36. The lowest BCUT2D eigenvalue weighted by Gasteiger charge is -2.10. The lowest BCUT2D eigenvalue weighted by atomic mass is 10.0. The van der Waals surface area contributed by atoms with Gasteiger partial charge in [-0.15, -0.1) is 5.10 Å². The van der Waals surface area contributed by atoms with E-state index in [2.05, 4.69) is 27.5 Å². The number of hydrogen-bond donors (Lipinski definition) is 1. The number of benzene rings is 3. The lowest BCUT2D eigenvalue weighted by molar-refractivity contribution is 0.0940. The fraction of sp³-hybridized carbons (Fsp3) is 0.160. The Balaban J connectivity index is 1.37. The molecule has 0 spiro atoms. The molecule has 0 bridgehead atoms. The zero-order valence-corrected chi connectivity index (χ0v) is 18.0. The van der Waals surface area contributed by atoms with Crippen LogP contribution in [0.5, 0.6) is 11.5 Å². The monoisotopic (exact) mass is 428 g/mol. The van der Waals surface area contributed by atoms with Gasteiger partial charge >= 0.3 is 0 Å². The molecule has 1 aromatic heterocycles. The van der Waals surface area contributed by atoms with Gasteiger partial charge in [0.2, 0.25) is 5.82 Å². The Morgan fingerprint density at radius 1 is 0.938 bits per heavy atom. The summed E-state index contributed by atoms with van der Waals surface area (Å²) in [5, 5.41) is 7.17. The van der Waals surface area contributed by atoms with Crippen molar-refractivity contribution in [1.82, 2.24) is 20.1 Å². The summed E-state index contributed by atoms with van der Waals surface area (Å²) in [6, 6.07) is 23.8. The molecule has 4 rings (SSSR count). The van der Waals surface area contributed by atoms with Crippen LogP contribution in [-0.4, -0.2) is 34.9 Å². The van der Waals surface area contributed by atoms with Crippen LogP contribution in [0.4, 0.5) is 0 Å². The molecule has 7 heteroatoms. The molecule has 32 heavy (non-hydrogen) atoms. The molecule has 0 fully saturated rings. The van der Waals surface area contributed by atoms with Crippen LogP contribution in [0.2, 0.25) is 0 Å². The highest BCUT2D eigenvalue weighted by Crippen LogP contribution is 2.24. The zero-order chi connectivity index (χ0) is 22.3. The summed E-state index contributed by atoms with van der Waals surface area (Å²) in [4.78, 5) is 16.6. The SMILES string of the molecule is COc1ccc(OC)c(Cn2cnc(C(=O)NCc3ccc(-c4ccccc4)cc3)n2)c1. The minimum absolute atomic E-state index is 0.118. The van der Waals surface area contributed by atoms with Gasteiger partial charge in [0, 0.05) is 12.1 Å². The number of rotatable bonds is 8. The maximum atomic E-state index is 12.5. The normalized spacial score (nSPS) is 10.6. The van der Waals surface area contributed by atoms with Crippen LogP contribution in [0.1, 0.15) is 21.7 Å². The molecule has 0 aliphatic heterocycles. The van der Waals surface area contributed by atoms with Crippen LogP contribution in [0.3, 0.4) is 0 Å². The Bertz CT molecular complexity index is 1190. The van der Waals surface area contributed by atoms with E-state index in [1.807, 2.05) is 60.7 Å². The average Bonchev–Trinajstić information content (AvgIpc) is 3.32. The van der Waals surface area contributed by atoms with E-state index in [-0.39, 0.29) is 11.7 Å². The van der Waals surface area contributed by atoms with Crippen molar-refractivity contribution < 1.29 is 14.3 Å². The number of amides is 1. The molecule has 0 unspecified atom stereocenters. The summed E-state index contributed by atoms with van der Waals surface area (Å²) < 4.78 is 12.3. The van der Waals surface area contributed by atoms with Crippen molar-refractivity contribution in [3.05, 3.63) is 96.1 Å². The topological polar surface area (TPSA) is 78.3 Å². The molecular weight excluding hydrogens is 404 g/mol. The first-order valence-electron chi connectivity index (χ1n) is 10.2. The number of hydrogen-bond acceptors (Lipinski definition) is 5. The summed E-state index contributed by atoms with van der Waals surface area (Å²) in [6.07, 6.45) is 1.53. The minimum Gasteiger partial charge on any atom is -0.497 e. The van der Waals surface area contributed by atoms with Gasteiger partial charge in [-0.2, -0.15) is 0 Å². The summed E-state index contributed by atoms with van der Waals surface area (Å²) in [5.41, 5.74) is 4.17. The Hall–Kier alpha value is -4.13. The Morgan fingerprint density at radius 2 is 1.69 bits per heavy atom. The van der Waals surface area contributed by atoms with Gasteiger partial charge in [0.05, 0.1) is 20.8 Å². The van der Waals surface area contributed by atoms with E-state index in [0.29, 0.717) is 18.8 Å². The molecule has 0 atom stereocenters. The molecule has 0 radical (unpaired) electrons. The van der Waals surface area contributed by atoms with Gasteiger partial charge in [-0.3, -0.25) is 4.79 Å². The number of aromatic nitrogens is 3. The molecule has 162 valence electrons. The minimum atomic E-state index is -0.325. The van der Waals surface area contributed by atoms with Crippen molar-refractivity contribution >= 4 is 5.91 Å². The predicted octanol–water partition coefficient (Wildman–Crippen LogP) is 3.94. The molecular formula is C25H24N4O3. The van der Waals surface area contributed by atoms with Gasteiger partial charge in [0.15, 0.2) is 0 Å². The van der Waals surface area contributed by atoms with Crippen LogP contribution in [0.25, 0.3) is 11.1 Å². The summed E-state index contributed by atoms with van der Waals surface area (Å²) in [6.45, 7) is 0.799. The van der Waals surface area contributed by atoms with Crippen LogP contribution < -0.4 is 14.8 Å². The standard InChI is InChI=1S/C25H24N4O3/c1-31-22-12-13-23(32-2)21(14-22)16-29-17-27-24(28-29)25(30)26-15-18-8-10-20(11-9-18)19-6-4-3-5-7-19/h3-14,17H,15-16H2,1-2H3,(H,26,30). The van der Waals surface area contributed by atoms with Crippen molar-refractivity contribution in [2.45, 2.75) is 13.1 Å². The highest BCUT2D eigenvalue weighted by Gasteiger charge is 2.13. The molecule has 0 saturated heterocycles. The van der Waals surface area contributed by atoms with E-state index in [0.717, 1.165) is 28.0 Å². The van der Waals surface area contributed by atoms with Gasteiger partial charge in [-0.25, -0.2) is 9.67 Å². The number of nitrogens with one attached hydrogen (secondary N) is 1. The second kappa shape index (κ2) is 9.78. The van der Waals surface area contributed by atoms with E-state index in [1.165, 1.54) is 6.33 Å². The van der Waals surface area contributed by atoms with E-state index < -0.39 is 0 Å². The molecule has 3 aromatic carbocycles. The molecule has 0 aliphatic rings. The Morgan fingerprint density at radius 3 is 2.41 bits per heavy atom. The Labute approximate surface area is 186 Å². The zero-order valence-electron chi connectivity index (χ0n) is 18.0. The number of nitrogens with zero attached hydrogens (tertiary/aromatic N) is 3. The predicted molar refractivity (Wildman–Crippen MR) is 122 cm³/mol. The quantitative estimate of drug-likeness (QED) is 0.460. The first-order valence-corrected chi connectivity index (χ1v) is 10.2. The van der Waals surface area contributed by atoms with Crippen molar-refractivity contribution in [2.75, 3.05) is 14.2 Å². The Kier molecular flexibility index (Phi) is 6.46. The molecule has 0 saturated carbocycles. The highest BCUT2D eigenvalue weighted by atomic mass is 16.5. The second-order valence-electron chi connectivity index (χ2n) is 7.19. The maximum Gasteiger partial charge on any atom is 0.291 e. The smallest absolute Gasteiger partial charge is 0.291 e. The number of carbonyl (C=O) groups excluding carboxylic acids is 1. The highest BCUT2D eigenvalue weighted by molar-refractivity contribution is 5.90. The summed E-state index contributed by atoms with van der Waals surface area (Å²) in [7, 11) is 3.22. The van der Waals surface area contributed by atoms with E-state index >= 15 is 0 Å². The third kappa shape index (κ3) is 4.95. The lowest BCUT2D eigenvalue weighted by Crippen LogP contribution is -2.24. The maximum absolute atomic E-state index is 12.5. The largest absolute Gasteiger partial charge is 0.497 e. The van der Waals surface area contributed by atoms with E-state index in [1.54, 1.807) is 18.9 Å². The van der Waals surface area contributed by atoms with Gasteiger partial charge in [-0.05, 0) is 34.9 Å². The summed E-state index contributed by atoms with van der Waals surface area (Å²) in [5.74, 6) is 1.23. The first kappa shape index (κ1) is 21.1. The van der Waals surface area contributed by atoms with Gasteiger partial charge < -0.3 is 14.8 Å². The molecule has 1 heterocycles. The van der Waals surface area contributed by atoms with Crippen molar-refractivity contribution in [2.24, 2.45) is 0 Å². The van der Waals surface area contributed by atoms with Crippen LogP contribution >= 0.6 is 0 Å². The van der Waals surface area contributed by atoms with E-state index in [9.17, 15) is 4.79 Å². The third-order valence-corrected chi connectivity index (χ3v) is 5.07. The molecule has 4 aromatic rings. The first-order chi connectivity index (χ1) is 15.7. The third-order valence-electron chi connectivity index (χ3n) is 5.07. The summed E-state index contributed by atoms with van der Waals surface area (Å²) >= 11 is 0. The van der Waals surface area contributed by atoms with Crippen LogP contribution in [0.15, 0.2) is 79.1 Å². The second-order valence-corrected chi connectivity index (χ2v) is 7.19. The van der Waals surface area contributed by atoms with Crippen LogP contribution in [0, 0.1) is 0 Å². The number of carbonyl (C=O) groups is 1. The van der Waals surface area contributed by atoms with E-state index in [4.69, 9.17) is 9.47 Å². The van der Waals surface area contributed by atoms with Crippen LogP contribution in [-0.2, 0) is 13.1 Å². The van der Waals surface area contributed by atoms with Crippen molar-refractivity contribution in [3.63, 3.8) is 0 Å². The van der Waals surface area contributed by atoms with Gasteiger partial charge in [0.25, 0.3) is 5.91 Å². The molecule has 0 aliphatic carbocycles. The average molecular weight is 428 g/mol. The van der Waals surface area contributed by atoms with Crippen molar-refractivity contribution in [3.8, 4) is 22.6 Å².